The van der Waals surface area contributed by atoms with Crippen LogP contribution < -0.4 is 10.1 Å². The van der Waals surface area contributed by atoms with E-state index in [-0.39, 0.29) is 0 Å². The van der Waals surface area contributed by atoms with Crippen LogP contribution in [0.4, 0.5) is 0 Å². The minimum atomic E-state index is 0.532. The predicted molar refractivity (Wildman–Crippen MR) is 78.7 cm³/mol. The normalized spacial score (nSPS) is 12.5. The molecule has 1 unspecified atom stereocenters. The van der Waals surface area contributed by atoms with Crippen molar-refractivity contribution in [2.45, 2.75) is 46.5 Å². The van der Waals surface area contributed by atoms with Crippen LogP contribution >= 0.6 is 0 Å². The number of hydrogen-bond donors (Lipinski definition) is 1. The minimum absolute atomic E-state index is 0.532. The van der Waals surface area contributed by atoms with Gasteiger partial charge in [0.25, 0.3) is 0 Å². The average Bonchev–Trinajstić information content (AvgIpc) is 2.33. The molecule has 0 aliphatic rings. The summed E-state index contributed by atoms with van der Waals surface area (Å²) < 4.78 is 5.54. The number of aryl methyl sites for hydroxylation is 2. The molecule has 1 N–H and O–H groups in total. The van der Waals surface area contributed by atoms with Gasteiger partial charge in [-0.05, 0) is 68.5 Å². The van der Waals surface area contributed by atoms with Gasteiger partial charge >= 0.3 is 0 Å². The van der Waals surface area contributed by atoms with Gasteiger partial charge in [0.15, 0.2) is 0 Å². The maximum atomic E-state index is 5.54. The van der Waals surface area contributed by atoms with E-state index in [0.717, 1.165) is 25.3 Å². The first kappa shape index (κ1) is 15.0. The van der Waals surface area contributed by atoms with E-state index in [9.17, 15) is 0 Å². The highest BCUT2D eigenvalue weighted by molar-refractivity contribution is 5.45. The molecule has 1 rings (SSSR count). The molecule has 0 aliphatic heterocycles. The molecule has 0 bridgehead atoms. The van der Waals surface area contributed by atoms with Crippen LogP contribution in [0.2, 0.25) is 0 Å². The van der Waals surface area contributed by atoms with Gasteiger partial charge in [-0.3, -0.25) is 0 Å². The number of hydrogen-bond acceptors (Lipinski definition) is 2. The van der Waals surface area contributed by atoms with E-state index in [1.807, 2.05) is 0 Å². The van der Waals surface area contributed by atoms with Crippen molar-refractivity contribution >= 4 is 0 Å². The zero-order valence-corrected chi connectivity index (χ0v) is 12.5. The fraction of sp³-hybridized carbons (Fsp3) is 0.625. The highest BCUT2D eigenvalue weighted by Gasteiger charge is 2.14. The van der Waals surface area contributed by atoms with Crippen molar-refractivity contribution in [2.24, 2.45) is 0 Å². The van der Waals surface area contributed by atoms with E-state index in [2.05, 4.69) is 45.1 Å². The molecule has 0 radical (unpaired) electrons. The second-order valence-corrected chi connectivity index (χ2v) is 5.14. The van der Waals surface area contributed by atoms with Gasteiger partial charge in [-0.15, -0.1) is 0 Å². The second kappa shape index (κ2) is 7.42. The molecule has 0 saturated carbocycles. The summed E-state index contributed by atoms with van der Waals surface area (Å²) >= 11 is 0. The first-order valence-corrected chi connectivity index (χ1v) is 6.96. The smallest absolute Gasteiger partial charge is 0.122 e. The lowest BCUT2D eigenvalue weighted by Gasteiger charge is -2.19. The molecule has 2 heteroatoms. The van der Waals surface area contributed by atoms with Crippen LogP contribution in [-0.4, -0.2) is 20.2 Å². The van der Waals surface area contributed by atoms with Gasteiger partial charge < -0.3 is 10.1 Å². The van der Waals surface area contributed by atoms with Gasteiger partial charge in [-0.25, -0.2) is 0 Å². The Balaban J connectivity index is 2.74. The topological polar surface area (TPSA) is 21.3 Å². The van der Waals surface area contributed by atoms with Crippen molar-refractivity contribution in [2.75, 3.05) is 20.2 Å². The summed E-state index contributed by atoms with van der Waals surface area (Å²) in [6.07, 6.45) is 2.35. The van der Waals surface area contributed by atoms with E-state index >= 15 is 0 Å². The summed E-state index contributed by atoms with van der Waals surface area (Å²) in [7, 11) is 1.76. The lowest BCUT2D eigenvalue weighted by molar-refractivity contribution is 0.403. The first-order chi connectivity index (χ1) is 8.60. The molecule has 2 nitrogen and oxygen atoms in total. The summed E-state index contributed by atoms with van der Waals surface area (Å²) in [5.74, 6) is 1.57. The number of ether oxygens (including phenoxy) is 1. The highest BCUT2D eigenvalue weighted by atomic mass is 16.5. The van der Waals surface area contributed by atoms with Crippen LogP contribution in [0.5, 0.6) is 5.75 Å². The number of methoxy groups -OCH3 is 1. The van der Waals surface area contributed by atoms with Crippen LogP contribution in [0.1, 0.15) is 49.3 Å². The standard InChI is InChI=1S/C16H27NO/c1-6-8-17-9-7-13(3)16-14(4)10-12(2)11-15(16)18-5/h10-11,13,17H,6-9H2,1-5H3. The molecule has 0 saturated heterocycles. The molecule has 0 fully saturated rings. The molecule has 102 valence electrons. The zero-order chi connectivity index (χ0) is 13.5. The Bertz CT molecular complexity index is 374. The Hall–Kier alpha value is -1.02. The summed E-state index contributed by atoms with van der Waals surface area (Å²) in [4.78, 5) is 0. The third kappa shape index (κ3) is 4.02. The molecule has 0 amide bonds. The van der Waals surface area contributed by atoms with Gasteiger partial charge in [0.1, 0.15) is 5.75 Å². The SMILES string of the molecule is CCCNCCC(C)c1c(C)cc(C)cc1OC. The van der Waals surface area contributed by atoms with Crippen molar-refractivity contribution in [3.8, 4) is 5.75 Å². The Morgan fingerprint density at radius 1 is 1.22 bits per heavy atom. The van der Waals surface area contributed by atoms with Gasteiger partial charge in [-0.2, -0.15) is 0 Å². The van der Waals surface area contributed by atoms with Crippen LogP contribution in [0.3, 0.4) is 0 Å². The second-order valence-electron chi connectivity index (χ2n) is 5.14. The van der Waals surface area contributed by atoms with Crippen LogP contribution in [0.15, 0.2) is 12.1 Å². The molecule has 0 spiro atoms. The van der Waals surface area contributed by atoms with E-state index in [1.54, 1.807) is 7.11 Å². The zero-order valence-electron chi connectivity index (χ0n) is 12.5. The Morgan fingerprint density at radius 3 is 2.56 bits per heavy atom. The van der Waals surface area contributed by atoms with E-state index < -0.39 is 0 Å². The number of benzene rings is 1. The molecule has 18 heavy (non-hydrogen) atoms. The molecule has 1 aromatic rings. The predicted octanol–water partition coefficient (Wildman–Crippen LogP) is 3.81. The van der Waals surface area contributed by atoms with Gasteiger partial charge in [-0.1, -0.05) is 19.9 Å². The van der Waals surface area contributed by atoms with Crippen LogP contribution in [-0.2, 0) is 0 Å². The van der Waals surface area contributed by atoms with Crippen molar-refractivity contribution in [3.05, 3.63) is 28.8 Å². The third-order valence-corrected chi connectivity index (χ3v) is 3.39. The number of nitrogens with one attached hydrogen (secondary N) is 1. The van der Waals surface area contributed by atoms with Crippen molar-refractivity contribution in [3.63, 3.8) is 0 Å². The quantitative estimate of drug-likeness (QED) is 0.742. The Kier molecular flexibility index (Phi) is 6.20. The fourth-order valence-corrected chi connectivity index (χ4v) is 2.50. The third-order valence-electron chi connectivity index (χ3n) is 3.39. The van der Waals surface area contributed by atoms with E-state index in [1.165, 1.54) is 23.1 Å². The molecular formula is C16H27NO. The largest absolute Gasteiger partial charge is 0.496 e. The summed E-state index contributed by atoms with van der Waals surface area (Å²) in [5.41, 5.74) is 3.97. The lowest BCUT2D eigenvalue weighted by Crippen LogP contribution is -2.18. The molecule has 0 aromatic heterocycles. The van der Waals surface area contributed by atoms with E-state index in [4.69, 9.17) is 4.74 Å². The molecule has 1 atom stereocenters. The summed E-state index contributed by atoms with van der Waals surface area (Å²) in [5, 5.41) is 3.46. The van der Waals surface area contributed by atoms with Crippen molar-refractivity contribution in [1.29, 1.82) is 0 Å². The van der Waals surface area contributed by atoms with Gasteiger partial charge in [0.05, 0.1) is 7.11 Å². The maximum absolute atomic E-state index is 5.54. The minimum Gasteiger partial charge on any atom is -0.496 e. The molecular weight excluding hydrogens is 222 g/mol. The lowest BCUT2D eigenvalue weighted by atomic mass is 9.91. The molecule has 1 aromatic carbocycles. The van der Waals surface area contributed by atoms with Crippen molar-refractivity contribution < 1.29 is 4.74 Å². The van der Waals surface area contributed by atoms with Gasteiger partial charge in [0.2, 0.25) is 0 Å². The summed E-state index contributed by atoms with van der Waals surface area (Å²) in [6, 6.07) is 4.38. The van der Waals surface area contributed by atoms with Crippen LogP contribution in [0.25, 0.3) is 0 Å². The molecule has 0 heterocycles. The maximum Gasteiger partial charge on any atom is 0.122 e. The Labute approximate surface area is 112 Å². The van der Waals surface area contributed by atoms with Gasteiger partial charge in [0, 0.05) is 0 Å². The highest BCUT2D eigenvalue weighted by Crippen LogP contribution is 2.32. The Morgan fingerprint density at radius 2 is 1.94 bits per heavy atom. The van der Waals surface area contributed by atoms with E-state index in [0.29, 0.717) is 5.92 Å². The first-order valence-electron chi connectivity index (χ1n) is 6.96. The number of rotatable bonds is 7. The summed E-state index contributed by atoms with van der Waals surface area (Å²) in [6.45, 7) is 11.0. The average molecular weight is 249 g/mol. The van der Waals surface area contributed by atoms with Crippen molar-refractivity contribution in [1.82, 2.24) is 5.32 Å². The fourth-order valence-electron chi connectivity index (χ4n) is 2.50. The molecule has 0 aliphatic carbocycles. The van der Waals surface area contributed by atoms with Crippen LogP contribution in [0, 0.1) is 13.8 Å². The monoisotopic (exact) mass is 249 g/mol.